The third kappa shape index (κ3) is 1.83. The lowest BCUT2D eigenvalue weighted by molar-refractivity contribution is 0.694. The van der Waals surface area contributed by atoms with Crippen LogP contribution in [0.5, 0.6) is 0 Å². The highest BCUT2D eigenvalue weighted by Gasteiger charge is 2.32. The Balaban J connectivity index is 1.83. The number of anilines is 1. The number of hydrogen-bond donors (Lipinski definition) is 1. The third-order valence-electron chi connectivity index (χ3n) is 4.76. The molecule has 6 nitrogen and oxygen atoms in total. The molecular weight excluding hydrogens is 276 g/mol. The molecule has 1 N–H and O–H groups in total. The van der Waals surface area contributed by atoms with Gasteiger partial charge in [-0.15, -0.1) is 0 Å². The predicted octanol–water partition coefficient (Wildman–Crippen LogP) is 2.65. The molecule has 114 valence electrons. The van der Waals surface area contributed by atoms with E-state index in [1.807, 2.05) is 17.9 Å². The topological polar surface area (TPSA) is 62.6 Å². The second-order valence-electron chi connectivity index (χ2n) is 6.00. The van der Waals surface area contributed by atoms with Crippen LogP contribution in [-0.4, -0.2) is 31.3 Å². The summed E-state index contributed by atoms with van der Waals surface area (Å²) >= 11 is 0. The predicted molar refractivity (Wildman–Crippen MR) is 85.9 cm³/mol. The summed E-state index contributed by atoms with van der Waals surface area (Å²) < 4.78 is 1.98. The number of hydrogen-bond acceptors (Lipinski definition) is 4. The molecule has 4 heterocycles. The first-order chi connectivity index (χ1) is 10.7. The second-order valence-corrected chi connectivity index (χ2v) is 6.00. The Hall–Kier alpha value is -2.37. The summed E-state index contributed by atoms with van der Waals surface area (Å²) in [4.78, 5) is 14.5. The van der Waals surface area contributed by atoms with Gasteiger partial charge in [-0.25, -0.2) is 9.97 Å². The van der Waals surface area contributed by atoms with Gasteiger partial charge in [0.05, 0.1) is 17.1 Å². The van der Waals surface area contributed by atoms with E-state index < -0.39 is 0 Å². The maximum Gasteiger partial charge on any atom is 0.142 e. The van der Waals surface area contributed by atoms with Crippen LogP contribution in [0.4, 0.5) is 5.82 Å². The highest BCUT2D eigenvalue weighted by molar-refractivity contribution is 5.87. The number of aryl methyl sites for hydroxylation is 2. The maximum absolute atomic E-state index is 4.59. The smallest absolute Gasteiger partial charge is 0.142 e. The van der Waals surface area contributed by atoms with Gasteiger partial charge < -0.3 is 9.88 Å². The van der Waals surface area contributed by atoms with Crippen molar-refractivity contribution in [1.29, 1.82) is 0 Å². The Kier molecular flexibility index (Phi) is 2.92. The molecule has 1 aliphatic heterocycles. The van der Waals surface area contributed by atoms with Crippen molar-refractivity contribution in [3.05, 3.63) is 35.5 Å². The van der Waals surface area contributed by atoms with Crippen molar-refractivity contribution in [2.24, 2.45) is 7.05 Å². The molecule has 1 saturated heterocycles. The normalized spacial score (nSPS) is 18.5. The summed E-state index contributed by atoms with van der Waals surface area (Å²) in [6, 6.07) is 2.41. The molecule has 3 aromatic rings. The van der Waals surface area contributed by atoms with E-state index in [0.717, 1.165) is 35.5 Å². The van der Waals surface area contributed by atoms with Gasteiger partial charge in [-0.3, -0.25) is 4.68 Å². The first kappa shape index (κ1) is 13.3. The molecule has 0 saturated carbocycles. The van der Waals surface area contributed by atoms with Crippen LogP contribution in [-0.2, 0) is 7.05 Å². The zero-order valence-corrected chi connectivity index (χ0v) is 13.2. The molecule has 3 aromatic heterocycles. The van der Waals surface area contributed by atoms with Crippen molar-refractivity contribution in [3.8, 4) is 0 Å². The van der Waals surface area contributed by atoms with E-state index in [-0.39, 0.29) is 0 Å². The molecule has 0 amide bonds. The van der Waals surface area contributed by atoms with Crippen LogP contribution in [0.1, 0.15) is 35.8 Å². The number of H-pyrrole nitrogens is 1. The Morgan fingerprint density at radius 3 is 2.91 bits per heavy atom. The van der Waals surface area contributed by atoms with Crippen LogP contribution in [0.25, 0.3) is 11.0 Å². The molecule has 0 spiro atoms. The summed E-state index contributed by atoms with van der Waals surface area (Å²) in [5.74, 6) is 1.02. The average Bonchev–Trinajstić information content (AvgIpc) is 3.19. The molecule has 1 atom stereocenters. The Morgan fingerprint density at radius 1 is 1.27 bits per heavy atom. The fraction of sp³-hybridized carbons (Fsp3) is 0.438. The molecule has 4 rings (SSSR count). The highest BCUT2D eigenvalue weighted by atomic mass is 15.3. The van der Waals surface area contributed by atoms with E-state index >= 15 is 0 Å². The molecule has 6 heteroatoms. The summed E-state index contributed by atoms with van der Waals surface area (Å²) in [6.07, 6.45) is 5.89. The number of aromatic amines is 1. The van der Waals surface area contributed by atoms with Crippen molar-refractivity contribution in [2.75, 3.05) is 11.4 Å². The first-order valence-corrected chi connectivity index (χ1v) is 7.71. The number of nitrogens with one attached hydrogen (secondary N) is 1. The zero-order valence-electron chi connectivity index (χ0n) is 13.2. The van der Waals surface area contributed by atoms with E-state index in [4.69, 9.17) is 0 Å². The van der Waals surface area contributed by atoms with E-state index in [2.05, 4.69) is 44.9 Å². The molecule has 22 heavy (non-hydrogen) atoms. The van der Waals surface area contributed by atoms with Gasteiger partial charge in [0.15, 0.2) is 0 Å². The van der Waals surface area contributed by atoms with Gasteiger partial charge in [-0.1, -0.05) is 0 Å². The molecule has 1 aliphatic rings. The van der Waals surface area contributed by atoms with Crippen molar-refractivity contribution in [2.45, 2.75) is 32.7 Å². The van der Waals surface area contributed by atoms with E-state index in [1.54, 1.807) is 6.33 Å². The summed E-state index contributed by atoms with van der Waals surface area (Å²) in [7, 11) is 2.01. The number of fused-ring (bicyclic) bond motifs is 1. The van der Waals surface area contributed by atoms with Crippen LogP contribution in [0.2, 0.25) is 0 Å². The SMILES string of the molecule is Cc1nn(C)c(C)c1C1CCCN1c1ncnc2[nH]ccc12. The lowest BCUT2D eigenvalue weighted by Gasteiger charge is -2.26. The fourth-order valence-corrected chi connectivity index (χ4v) is 3.68. The molecule has 0 aliphatic carbocycles. The van der Waals surface area contributed by atoms with E-state index in [9.17, 15) is 0 Å². The Labute approximate surface area is 129 Å². The Morgan fingerprint density at radius 2 is 2.14 bits per heavy atom. The quantitative estimate of drug-likeness (QED) is 0.789. The number of nitrogens with zero attached hydrogens (tertiary/aromatic N) is 5. The molecule has 0 bridgehead atoms. The minimum absolute atomic E-state index is 0.349. The zero-order chi connectivity index (χ0) is 15.3. The molecule has 0 radical (unpaired) electrons. The minimum atomic E-state index is 0.349. The van der Waals surface area contributed by atoms with Crippen LogP contribution >= 0.6 is 0 Å². The summed E-state index contributed by atoms with van der Waals surface area (Å²) in [5.41, 5.74) is 4.61. The van der Waals surface area contributed by atoms with Crippen molar-refractivity contribution in [3.63, 3.8) is 0 Å². The largest absolute Gasteiger partial charge is 0.349 e. The molecule has 1 unspecified atom stereocenters. The molecular formula is C16H20N6. The fourth-order valence-electron chi connectivity index (χ4n) is 3.68. The van der Waals surface area contributed by atoms with Gasteiger partial charge in [0.25, 0.3) is 0 Å². The van der Waals surface area contributed by atoms with Crippen LogP contribution < -0.4 is 4.90 Å². The second kappa shape index (κ2) is 4.83. The van der Waals surface area contributed by atoms with E-state index in [0.29, 0.717) is 6.04 Å². The van der Waals surface area contributed by atoms with Crippen LogP contribution in [0.15, 0.2) is 18.6 Å². The van der Waals surface area contributed by atoms with E-state index in [1.165, 1.54) is 17.7 Å². The Bertz CT molecular complexity index is 830. The minimum Gasteiger partial charge on any atom is -0.349 e. The molecule has 0 aromatic carbocycles. The van der Waals surface area contributed by atoms with Crippen molar-refractivity contribution < 1.29 is 0 Å². The number of rotatable bonds is 2. The van der Waals surface area contributed by atoms with Gasteiger partial charge >= 0.3 is 0 Å². The van der Waals surface area contributed by atoms with Crippen LogP contribution in [0.3, 0.4) is 0 Å². The number of aromatic nitrogens is 5. The lowest BCUT2D eigenvalue weighted by atomic mass is 10.0. The van der Waals surface area contributed by atoms with Gasteiger partial charge in [0, 0.05) is 31.0 Å². The van der Waals surface area contributed by atoms with Crippen LogP contribution in [0, 0.1) is 13.8 Å². The standard InChI is InChI=1S/C16H20N6/c1-10-14(11(2)21(3)20-10)13-5-4-8-22(13)16-12-6-7-17-15(12)18-9-19-16/h6-7,9,13H,4-5,8H2,1-3H3,(H,17,18,19). The molecule has 1 fully saturated rings. The first-order valence-electron chi connectivity index (χ1n) is 7.71. The summed E-state index contributed by atoms with van der Waals surface area (Å²) in [5, 5.41) is 5.68. The van der Waals surface area contributed by atoms with Gasteiger partial charge in [-0.2, -0.15) is 5.10 Å². The van der Waals surface area contributed by atoms with Gasteiger partial charge in [-0.05, 0) is 32.8 Å². The lowest BCUT2D eigenvalue weighted by Crippen LogP contribution is -2.24. The average molecular weight is 296 g/mol. The third-order valence-corrected chi connectivity index (χ3v) is 4.76. The highest BCUT2D eigenvalue weighted by Crippen LogP contribution is 2.39. The van der Waals surface area contributed by atoms with Gasteiger partial charge in [0.1, 0.15) is 17.8 Å². The van der Waals surface area contributed by atoms with Gasteiger partial charge in [0.2, 0.25) is 0 Å². The van der Waals surface area contributed by atoms with Crippen molar-refractivity contribution in [1.82, 2.24) is 24.7 Å². The monoisotopic (exact) mass is 296 g/mol. The maximum atomic E-state index is 4.59. The summed E-state index contributed by atoms with van der Waals surface area (Å²) in [6.45, 7) is 5.28. The van der Waals surface area contributed by atoms with Crippen molar-refractivity contribution >= 4 is 16.9 Å².